The van der Waals surface area contributed by atoms with E-state index in [2.05, 4.69) is 38.3 Å². The predicted octanol–water partition coefficient (Wildman–Crippen LogP) is 2.79. The van der Waals surface area contributed by atoms with E-state index in [1.165, 1.54) is 32.2 Å². The monoisotopic (exact) mass is 226 g/mol. The zero-order valence-electron chi connectivity index (χ0n) is 11.6. The van der Waals surface area contributed by atoms with Crippen LogP contribution in [0.15, 0.2) is 0 Å². The third kappa shape index (κ3) is 5.86. The van der Waals surface area contributed by atoms with E-state index in [1.807, 2.05) is 0 Å². The van der Waals surface area contributed by atoms with Crippen LogP contribution in [-0.2, 0) is 0 Å². The van der Waals surface area contributed by atoms with Gasteiger partial charge in [0.05, 0.1) is 0 Å². The molecule has 1 saturated carbocycles. The topological polar surface area (TPSA) is 24.1 Å². The van der Waals surface area contributed by atoms with Crippen LogP contribution in [0.2, 0.25) is 0 Å². The fourth-order valence-corrected chi connectivity index (χ4v) is 2.49. The van der Waals surface area contributed by atoms with Crippen molar-refractivity contribution in [3.63, 3.8) is 0 Å². The highest BCUT2D eigenvalue weighted by molar-refractivity contribution is 4.76. The zero-order valence-corrected chi connectivity index (χ0v) is 11.6. The Bertz CT molecular complexity index is 184. The molecule has 0 spiro atoms. The van der Waals surface area contributed by atoms with Gasteiger partial charge in [-0.05, 0) is 65.1 Å². The Hall–Kier alpha value is -0.0800. The van der Waals surface area contributed by atoms with Crippen molar-refractivity contribution < 1.29 is 0 Å². The third-order valence-electron chi connectivity index (χ3n) is 3.63. The van der Waals surface area contributed by atoms with E-state index in [0.717, 1.165) is 24.9 Å². The van der Waals surface area contributed by atoms with E-state index in [4.69, 9.17) is 0 Å². The Kier molecular flexibility index (Phi) is 5.77. The summed E-state index contributed by atoms with van der Waals surface area (Å²) in [6.45, 7) is 12.6. The van der Waals surface area contributed by atoms with Gasteiger partial charge in [0.25, 0.3) is 0 Å². The first-order valence-corrected chi connectivity index (χ1v) is 6.95. The quantitative estimate of drug-likeness (QED) is 0.681. The first kappa shape index (κ1) is 14.0. The smallest absolute Gasteiger partial charge is 0.00965 e. The van der Waals surface area contributed by atoms with E-state index in [0.29, 0.717) is 0 Å². The summed E-state index contributed by atoms with van der Waals surface area (Å²) >= 11 is 0. The Labute approximate surface area is 102 Å². The minimum absolute atomic E-state index is 0.264. The molecule has 2 nitrogen and oxygen atoms in total. The first-order valence-electron chi connectivity index (χ1n) is 6.95. The molecule has 0 aromatic carbocycles. The van der Waals surface area contributed by atoms with Gasteiger partial charge in [0.15, 0.2) is 0 Å². The summed E-state index contributed by atoms with van der Waals surface area (Å²) in [6, 6.07) is 0. The second-order valence-corrected chi connectivity index (χ2v) is 6.40. The van der Waals surface area contributed by atoms with Crippen molar-refractivity contribution in [2.45, 2.75) is 58.9 Å². The normalized spacial score (nSPS) is 26.2. The van der Waals surface area contributed by atoms with E-state index in [-0.39, 0.29) is 5.54 Å². The van der Waals surface area contributed by atoms with Crippen LogP contribution in [0.4, 0.5) is 0 Å². The molecular weight excluding hydrogens is 196 g/mol. The minimum atomic E-state index is 0.264. The fraction of sp³-hybridized carbons (Fsp3) is 1.00. The number of nitrogens with one attached hydrogen (secondary N) is 2. The Balaban J connectivity index is 1.92. The van der Waals surface area contributed by atoms with Crippen LogP contribution in [0.3, 0.4) is 0 Å². The van der Waals surface area contributed by atoms with Crippen molar-refractivity contribution in [3.05, 3.63) is 0 Å². The average Bonchev–Trinajstić information content (AvgIpc) is 2.56. The molecule has 0 saturated heterocycles. The van der Waals surface area contributed by atoms with Crippen molar-refractivity contribution in [1.82, 2.24) is 10.6 Å². The molecule has 1 fully saturated rings. The molecule has 1 aliphatic carbocycles. The summed E-state index contributed by atoms with van der Waals surface area (Å²) < 4.78 is 0. The van der Waals surface area contributed by atoms with Crippen LogP contribution in [0.1, 0.15) is 53.4 Å². The molecule has 2 unspecified atom stereocenters. The van der Waals surface area contributed by atoms with E-state index < -0.39 is 0 Å². The van der Waals surface area contributed by atoms with Crippen LogP contribution in [0.5, 0.6) is 0 Å². The van der Waals surface area contributed by atoms with Crippen molar-refractivity contribution in [1.29, 1.82) is 0 Å². The van der Waals surface area contributed by atoms with E-state index >= 15 is 0 Å². The highest BCUT2D eigenvalue weighted by atomic mass is 14.9. The van der Waals surface area contributed by atoms with Gasteiger partial charge in [-0.3, -0.25) is 0 Å². The lowest BCUT2D eigenvalue weighted by molar-refractivity contribution is 0.382. The molecule has 0 bridgehead atoms. The second-order valence-electron chi connectivity index (χ2n) is 6.40. The second kappa shape index (κ2) is 6.61. The zero-order chi connectivity index (χ0) is 12.0. The molecule has 0 amide bonds. The third-order valence-corrected chi connectivity index (χ3v) is 3.63. The van der Waals surface area contributed by atoms with Gasteiger partial charge in [-0.1, -0.05) is 19.8 Å². The molecule has 0 radical (unpaired) electrons. The van der Waals surface area contributed by atoms with Gasteiger partial charge in [0, 0.05) is 5.54 Å². The first-order chi connectivity index (χ1) is 7.49. The van der Waals surface area contributed by atoms with Crippen molar-refractivity contribution in [2.75, 3.05) is 19.6 Å². The van der Waals surface area contributed by atoms with E-state index in [9.17, 15) is 0 Å². The van der Waals surface area contributed by atoms with E-state index in [1.54, 1.807) is 0 Å². The maximum Gasteiger partial charge on any atom is 0.00965 e. The van der Waals surface area contributed by atoms with Crippen LogP contribution in [0.25, 0.3) is 0 Å². The summed E-state index contributed by atoms with van der Waals surface area (Å²) in [4.78, 5) is 0. The summed E-state index contributed by atoms with van der Waals surface area (Å²) in [5.74, 6) is 1.88. The van der Waals surface area contributed by atoms with Gasteiger partial charge in [-0.2, -0.15) is 0 Å². The molecule has 16 heavy (non-hydrogen) atoms. The van der Waals surface area contributed by atoms with Gasteiger partial charge < -0.3 is 10.6 Å². The number of rotatable bonds is 6. The molecule has 0 aromatic heterocycles. The Morgan fingerprint density at radius 1 is 1.12 bits per heavy atom. The highest BCUT2D eigenvalue weighted by Crippen LogP contribution is 2.30. The lowest BCUT2D eigenvalue weighted by atomic mass is 9.98. The van der Waals surface area contributed by atoms with Crippen LogP contribution in [-0.4, -0.2) is 25.2 Å². The molecular formula is C14H30N2. The molecule has 0 aromatic rings. The average molecular weight is 226 g/mol. The molecule has 2 atom stereocenters. The fourth-order valence-electron chi connectivity index (χ4n) is 2.49. The number of hydrogen-bond donors (Lipinski definition) is 2. The molecule has 1 rings (SSSR count). The molecule has 2 heteroatoms. The summed E-state index contributed by atoms with van der Waals surface area (Å²) in [7, 11) is 0. The lowest BCUT2D eigenvalue weighted by Crippen LogP contribution is -2.37. The van der Waals surface area contributed by atoms with Crippen LogP contribution in [0, 0.1) is 11.8 Å². The highest BCUT2D eigenvalue weighted by Gasteiger charge is 2.22. The molecule has 96 valence electrons. The van der Waals surface area contributed by atoms with Crippen LogP contribution < -0.4 is 10.6 Å². The SMILES string of the molecule is CC1CCCC1CNCCCNC(C)(C)C. The minimum Gasteiger partial charge on any atom is -0.316 e. The predicted molar refractivity (Wildman–Crippen MR) is 71.7 cm³/mol. The summed E-state index contributed by atoms with van der Waals surface area (Å²) in [5.41, 5.74) is 0.264. The van der Waals surface area contributed by atoms with Gasteiger partial charge in [-0.15, -0.1) is 0 Å². The van der Waals surface area contributed by atoms with Crippen molar-refractivity contribution in [3.8, 4) is 0 Å². The van der Waals surface area contributed by atoms with Crippen molar-refractivity contribution >= 4 is 0 Å². The molecule has 1 aliphatic rings. The van der Waals surface area contributed by atoms with Crippen molar-refractivity contribution in [2.24, 2.45) is 11.8 Å². The standard InChI is InChI=1S/C14H30N2/c1-12-7-5-8-13(12)11-15-9-6-10-16-14(2,3)4/h12-13,15-16H,5-11H2,1-4H3. The summed E-state index contributed by atoms with van der Waals surface area (Å²) in [5, 5.41) is 7.12. The van der Waals surface area contributed by atoms with Gasteiger partial charge in [0.1, 0.15) is 0 Å². The molecule has 0 heterocycles. The van der Waals surface area contributed by atoms with Gasteiger partial charge in [0.2, 0.25) is 0 Å². The Morgan fingerprint density at radius 2 is 1.88 bits per heavy atom. The molecule has 2 N–H and O–H groups in total. The largest absolute Gasteiger partial charge is 0.316 e. The number of hydrogen-bond acceptors (Lipinski definition) is 2. The van der Waals surface area contributed by atoms with Gasteiger partial charge in [-0.25, -0.2) is 0 Å². The summed E-state index contributed by atoms with van der Waals surface area (Å²) in [6.07, 6.45) is 5.56. The van der Waals surface area contributed by atoms with Crippen LogP contribution >= 0.6 is 0 Å². The maximum atomic E-state index is 3.60. The lowest BCUT2D eigenvalue weighted by Gasteiger charge is -2.21. The Morgan fingerprint density at radius 3 is 2.44 bits per heavy atom. The molecule has 0 aliphatic heterocycles. The van der Waals surface area contributed by atoms with Gasteiger partial charge >= 0.3 is 0 Å². The maximum absolute atomic E-state index is 3.60.